The molecule has 2 aromatic rings. The lowest BCUT2D eigenvalue weighted by Gasteiger charge is -2.14. The fourth-order valence-electron chi connectivity index (χ4n) is 2.06. The molecule has 1 atom stereocenters. The van der Waals surface area contributed by atoms with E-state index in [1.807, 2.05) is 38.1 Å². The van der Waals surface area contributed by atoms with Crippen LogP contribution in [-0.4, -0.2) is 10.8 Å². The van der Waals surface area contributed by atoms with Gasteiger partial charge in [0.15, 0.2) is 0 Å². The Morgan fingerprint density at radius 3 is 2.45 bits per heavy atom. The quantitative estimate of drug-likeness (QED) is 0.515. The molecular formula is C16H17N3O3. The third-order valence-electron chi connectivity index (χ3n) is 3.41. The number of nitrogens with one attached hydrogen (secondary N) is 1. The van der Waals surface area contributed by atoms with Crippen molar-refractivity contribution < 1.29 is 9.72 Å². The number of nitrogen functional groups attached to an aromatic ring is 1. The average Bonchev–Trinajstić information content (AvgIpc) is 2.47. The SMILES string of the molecule is Cc1ccc(C(C)NC(=O)c2ccc(N)c([N+](=O)[O-])c2)cc1. The molecule has 0 heterocycles. The van der Waals surface area contributed by atoms with Crippen LogP contribution in [0.25, 0.3) is 0 Å². The number of rotatable bonds is 4. The van der Waals surface area contributed by atoms with E-state index in [-0.39, 0.29) is 28.9 Å². The van der Waals surface area contributed by atoms with E-state index < -0.39 is 4.92 Å². The molecule has 0 spiro atoms. The molecule has 0 radical (unpaired) electrons. The number of aryl methyl sites for hydroxylation is 1. The Morgan fingerprint density at radius 1 is 1.23 bits per heavy atom. The van der Waals surface area contributed by atoms with Gasteiger partial charge in [0.05, 0.1) is 11.0 Å². The molecule has 2 rings (SSSR count). The van der Waals surface area contributed by atoms with Crippen molar-refractivity contribution in [1.29, 1.82) is 0 Å². The number of nitrogens with zero attached hydrogens (tertiary/aromatic N) is 1. The summed E-state index contributed by atoms with van der Waals surface area (Å²) in [7, 11) is 0. The van der Waals surface area contributed by atoms with E-state index in [9.17, 15) is 14.9 Å². The summed E-state index contributed by atoms with van der Waals surface area (Å²) in [4.78, 5) is 22.5. The van der Waals surface area contributed by atoms with Crippen LogP contribution in [0.1, 0.15) is 34.5 Å². The molecular weight excluding hydrogens is 282 g/mol. The van der Waals surface area contributed by atoms with E-state index >= 15 is 0 Å². The molecule has 114 valence electrons. The summed E-state index contributed by atoms with van der Waals surface area (Å²) in [6.07, 6.45) is 0. The Morgan fingerprint density at radius 2 is 1.86 bits per heavy atom. The van der Waals surface area contributed by atoms with Gasteiger partial charge < -0.3 is 11.1 Å². The minimum Gasteiger partial charge on any atom is -0.393 e. The van der Waals surface area contributed by atoms with Gasteiger partial charge in [-0.15, -0.1) is 0 Å². The monoisotopic (exact) mass is 299 g/mol. The number of nitrogens with two attached hydrogens (primary N) is 1. The van der Waals surface area contributed by atoms with Gasteiger partial charge in [0, 0.05) is 11.6 Å². The van der Waals surface area contributed by atoms with Crippen LogP contribution in [0, 0.1) is 17.0 Å². The summed E-state index contributed by atoms with van der Waals surface area (Å²) < 4.78 is 0. The predicted molar refractivity (Wildman–Crippen MR) is 84.6 cm³/mol. The number of hydrogen-bond acceptors (Lipinski definition) is 4. The number of nitro benzene ring substituents is 1. The summed E-state index contributed by atoms with van der Waals surface area (Å²) in [5.74, 6) is -0.379. The second kappa shape index (κ2) is 6.26. The fourth-order valence-corrected chi connectivity index (χ4v) is 2.06. The van der Waals surface area contributed by atoms with Crippen molar-refractivity contribution in [2.75, 3.05) is 5.73 Å². The molecule has 0 bridgehead atoms. The normalized spacial score (nSPS) is 11.7. The second-order valence-electron chi connectivity index (χ2n) is 5.14. The maximum absolute atomic E-state index is 12.2. The summed E-state index contributed by atoms with van der Waals surface area (Å²) in [6.45, 7) is 3.84. The van der Waals surface area contributed by atoms with Gasteiger partial charge in [-0.3, -0.25) is 14.9 Å². The zero-order valence-electron chi connectivity index (χ0n) is 12.4. The van der Waals surface area contributed by atoms with Crippen molar-refractivity contribution in [3.8, 4) is 0 Å². The molecule has 2 aromatic carbocycles. The van der Waals surface area contributed by atoms with E-state index in [4.69, 9.17) is 5.73 Å². The standard InChI is InChI=1S/C16H17N3O3/c1-10-3-5-12(6-4-10)11(2)18-16(20)13-7-8-14(17)15(9-13)19(21)22/h3-9,11H,17H2,1-2H3,(H,18,20). The van der Waals surface area contributed by atoms with Gasteiger partial charge in [0.2, 0.25) is 0 Å². The van der Waals surface area contributed by atoms with Crippen LogP contribution in [0.5, 0.6) is 0 Å². The van der Waals surface area contributed by atoms with Crippen LogP contribution in [0.2, 0.25) is 0 Å². The van der Waals surface area contributed by atoms with Gasteiger partial charge in [-0.2, -0.15) is 0 Å². The zero-order chi connectivity index (χ0) is 16.3. The Balaban J connectivity index is 2.16. The van der Waals surface area contributed by atoms with Crippen molar-refractivity contribution in [3.63, 3.8) is 0 Å². The Hall–Kier alpha value is -2.89. The Kier molecular flexibility index (Phi) is 4.41. The molecule has 0 aromatic heterocycles. The van der Waals surface area contributed by atoms with Crippen LogP contribution >= 0.6 is 0 Å². The van der Waals surface area contributed by atoms with Gasteiger partial charge in [-0.25, -0.2) is 0 Å². The zero-order valence-corrected chi connectivity index (χ0v) is 12.4. The van der Waals surface area contributed by atoms with E-state index in [2.05, 4.69) is 5.32 Å². The first-order valence-corrected chi connectivity index (χ1v) is 6.80. The molecule has 0 aliphatic carbocycles. The first-order valence-electron chi connectivity index (χ1n) is 6.80. The molecule has 6 heteroatoms. The number of nitro groups is 1. The third kappa shape index (κ3) is 3.41. The number of anilines is 1. The van der Waals surface area contributed by atoms with Crippen LogP contribution in [0.3, 0.4) is 0 Å². The van der Waals surface area contributed by atoms with Crippen molar-refractivity contribution in [2.24, 2.45) is 0 Å². The molecule has 0 saturated heterocycles. The second-order valence-corrected chi connectivity index (χ2v) is 5.14. The number of benzene rings is 2. The lowest BCUT2D eigenvalue weighted by molar-refractivity contribution is -0.383. The highest BCUT2D eigenvalue weighted by molar-refractivity contribution is 5.95. The fraction of sp³-hybridized carbons (Fsp3) is 0.188. The third-order valence-corrected chi connectivity index (χ3v) is 3.41. The van der Waals surface area contributed by atoms with Crippen LogP contribution in [-0.2, 0) is 0 Å². The molecule has 1 unspecified atom stereocenters. The van der Waals surface area contributed by atoms with Gasteiger partial charge in [-0.05, 0) is 31.5 Å². The molecule has 6 nitrogen and oxygen atoms in total. The molecule has 1 amide bonds. The first kappa shape index (κ1) is 15.5. The first-order chi connectivity index (χ1) is 10.4. The van der Waals surface area contributed by atoms with Gasteiger partial charge in [0.25, 0.3) is 11.6 Å². The molecule has 0 fully saturated rings. The highest BCUT2D eigenvalue weighted by atomic mass is 16.6. The Labute approximate surface area is 128 Å². The topological polar surface area (TPSA) is 98.3 Å². The van der Waals surface area contributed by atoms with E-state index in [0.717, 1.165) is 11.1 Å². The number of hydrogen-bond donors (Lipinski definition) is 2. The maximum atomic E-state index is 12.2. The molecule has 0 aliphatic heterocycles. The van der Waals surface area contributed by atoms with Crippen molar-refractivity contribution in [2.45, 2.75) is 19.9 Å². The number of amides is 1. The highest BCUT2D eigenvalue weighted by Gasteiger charge is 2.17. The highest BCUT2D eigenvalue weighted by Crippen LogP contribution is 2.23. The number of carbonyl (C=O) groups is 1. The molecule has 3 N–H and O–H groups in total. The van der Waals surface area contributed by atoms with Gasteiger partial charge >= 0.3 is 0 Å². The summed E-state index contributed by atoms with van der Waals surface area (Å²) in [5, 5.41) is 13.7. The van der Waals surface area contributed by atoms with Crippen LogP contribution in [0.15, 0.2) is 42.5 Å². The van der Waals surface area contributed by atoms with Crippen LogP contribution in [0.4, 0.5) is 11.4 Å². The lowest BCUT2D eigenvalue weighted by Crippen LogP contribution is -2.26. The average molecular weight is 299 g/mol. The Bertz CT molecular complexity index is 711. The van der Waals surface area contributed by atoms with Gasteiger partial charge in [-0.1, -0.05) is 29.8 Å². The maximum Gasteiger partial charge on any atom is 0.292 e. The van der Waals surface area contributed by atoms with E-state index in [1.165, 1.54) is 18.2 Å². The van der Waals surface area contributed by atoms with Crippen molar-refractivity contribution in [3.05, 3.63) is 69.3 Å². The minimum atomic E-state index is -0.602. The molecule has 0 aliphatic rings. The predicted octanol–water partition coefficient (Wildman–Crippen LogP) is 2.98. The van der Waals surface area contributed by atoms with Crippen LogP contribution < -0.4 is 11.1 Å². The largest absolute Gasteiger partial charge is 0.393 e. The van der Waals surface area contributed by atoms with Crippen molar-refractivity contribution in [1.82, 2.24) is 5.32 Å². The van der Waals surface area contributed by atoms with E-state index in [0.29, 0.717) is 0 Å². The van der Waals surface area contributed by atoms with Gasteiger partial charge in [0.1, 0.15) is 5.69 Å². The molecule has 22 heavy (non-hydrogen) atoms. The summed E-state index contributed by atoms with van der Waals surface area (Å²) in [6, 6.07) is 11.6. The van der Waals surface area contributed by atoms with E-state index in [1.54, 1.807) is 0 Å². The minimum absolute atomic E-state index is 0.0353. The smallest absolute Gasteiger partial charge is 0.292 e. The number of carbonyl (C=O) groups excluding carboxylic acids is 1. The molecule has 0 saturated carbocycles. The summed E-state index contributed by atoms with van der Waals surface area (Å²) in [5.41, 5.74) is 7.60. The summed E-state index contributed by atoms with van der Waals surface area (Å²) >= 11 is 0. The van der Waals surface area contributed by atoms with Crippen molar-refractivity contribution >= 4 is 17.3 Å². The lowest BCUT2D eigenvalue weighted by atomic mass is 10.1.